The second kappa shape index (κ2) is 3.59. The zero-order chi connectivity index (χ0) is 5.70. The van der Waals surface area contributed by atoms with E-state index in [1.807, 2.05) is 13.8 Å². The average Bonchev–Trinajstić information content (AvgIpc) is 1.68. The standard InChI is InChI=1S/C6H9O/c1-3-6(2)4-5-7/h4H,3H2,1-2H3/b6-4+. The molecule has 0 amide bonds. The van der Waals surface area contributed by atoms with E-state index in [0.717, 1.165) is 12.0 Å². The van der Waals surface area contributed by atoms with Gasteiger partial charge in [0, 0.05) is 0 Å². The minimum absolute atomic E-state index is 0.940. The Balaban J connectivity index is 3.49. The molecule has 1 heteroatoms. The van der Waals surface area contributed by atoms with Gasteiger partial charge in [-0.3, -0.25) is 4.79 Å². The highest BCUT2D eigenvalue weighted by atomic mass is 16.1. The van der Waals surface area contributed by atoms with Gasteiger partial charge in [0.2, 0.25) is 6.29 Å². The van der Waals surface area contributed by atoms with Crippen molar-refractivity contribution < 1.29 is 4.79 Å². The Morgan fingerprint density at radius 3 is 2.57 bits per heavy atom. The summed E-state index contributed by atoms with van der Waals surface area (Å²) in [5.74, 6) is 0. The van der Waals surface area contributed by atoms with Crippen LogP contribution in [0, 0.1) is 0 Å². The molecule has 0 aromatic heterocycles. The molecule has 0 heterocycles. The maximum atomic E-state index is 9.57. The highest BCUT2D eigenvalue weighted by molar-refractivity contribution is 5.66. The third kappa shape index (κ3) is 3.23. The maximum Gasteiger partial charge on any atom is 0.225 e. The van der Waals surface area contributed by atoms with Crippen LogP contribution in [0.3, 0.4) is 0 Å². The van der Waals surface area contributed by atoms with Gasteiger partial charge in [-0.25, -0.2) is 0 Å². The fourth-order valence-electron chi connectivity index (χ4n) is 0.203. The van der Waals surface area contributed by atoms with Crippen LogP contribution in [0.2, 0.25) is 0 Å². The molecule has 7 heavy (non-hydrogen) atoms. The maximum absolute atomic E-state index is 9.57. The van der Waals surface area contributed by atoms with Crippen molar-refractivity contribution in [3.63, 3.8) is 0 Å². The summed E-state index contributed by atoms with van der Waals surface area (Å²) >= 11 is 0. The zero-order valence-corrected chi connectivity index (χ0v) is 4.69. The van der Waals surface area contributed by atoms with E-state index in [2.05, 4.69) is 0 Å². The predicted octanol–water partition coefficient (Wildman–Crippen LogP) is 1.45. The van der Waals surface area contributed by atoms with Crippen LogP contribution < -0.4 is 0 Å². The summed E-state index contributed by atoms with van der Waals surface area (Å²) in [4.78, 5) is 9.57. The molecule has 0 aliphatic rings. The summed E-state index contributed by atoms with van der Waals surface area (Å²) < 4.78 is 0. The number of hydrogen-bond acceptors (Lipinski definition) is 1. The number of carbonyl (C=O) groups excluding carboxylic acids is 1. The lowest BCUT2D eigenvalue weighted by atomic mass is 10.2. The molecule has 0 saturated carbocycles. The van der Waals surface area contributed by atoms with E-state index in [-0.39, 0.29) is 0 Å². The molecule has 0 atom stereocenters. The third-order valence-corrected chi connectivity index (χ3v) is 0.863. The molecular formula is C6H9O. The Morgan fingerprint density at radius 1 is 1.86 bits per heavy atom. The first kappa shape index (κ1) is 6.41. The van der Waals surface area contributed by atoms with E-state index in [9.17, 15) is 4.79 Å². The molecule has 0 aromatic rings. The van der Waals surface area contributed by atoms with Crippen LogP contribution >= 0.6 is 0 Å². The minimum Gasteiger partial charge on any atom is -0.286 e. The third-order valence-electron chi connectivity index (χ3n) is 0.863. The number of allylic oxidation sites excluding steroid dienone is 2. The Hall–Kier alpha value is -0.590. The normalized spacial score (nSPS) is 11.4. The van der Waals surface area contributed by atoms with Gasteiger partial charge in [0.1, 0.15) is 0 Å². The van der Waals surface area contributed by atoms with E-state index in [1.54, 1.807) is 6.29 Å². The summed E-state index contributed by atoms with van der Waals surface area (Å²) in [6, 6.07) is 0. The molecule has 0 spiro atoms. The van der Waals surface area contributed by atoms with Gasteiger partial charge >= 0.3 is 0 Å². The first-order valence-electron chi connectivity index (χ1n) is 2.34. The topological polar surface area (TPSA) is 17.1 Å². The van der Waals surface area contributed by atoms with Crippen molar-refractivity contribution in [3.8, 4) is 0 Å². The van der Waals surface area contributed by atoms with Crippen LogP contribution in [0.1, 0.15) is 20.3 Å². The van der Waals surface area contributed by atoms with Gasteiger partial charge in [-0.05, 0) is 19.4 Å². The van der Waals surface area contributed by atoms with E-state index in [4.69, 9.17) is 0 Å². The molecule has 0 aliphatic heterocycles. The van der Waals surface area contributed by atoms with Crippen molar-refractivity contribution in [2.45, 2.75) is 20.3 Å². The van der Waals surface area contributed by atoms with Crippen LogP contribution in [0.15, 0.2) is 11.6 Å². The Kier molecular flexibility index (Phi) is 3.29. The quantitative estimate of drug-likeness (QED) is 0.476. The van der Waals surface area contributed by atoms with Gasteiger partial charge < -0.3 is 0 Å². The van der Waals surface area contributed by atoms with Crippen molar-refractivity contribution in [2.24, 2.45) is 0 Å². The van der Waals surface area contributed by atoms with E-state index < -0.39 is 0 Å². The molecule has 1 nitrogen and oxygen atoms in total. The van der Waals surface area contributed by atoms with Crippen molar-refractivity contribution in [1.29, 1.82) is 0 Å². The van der Waals surface area contributed by atoms with Crippen LogP contribution in [0.25, 0.3) is 0 Å². The van der Waals surface area contributed by atoms with Crippen molar-refractivity contribution in [3.05, 3.63) is 11.6 Å². The van der Waals surface area contributed by atoms with E-state index >= 15 is 0 Å². The Morgan fingerprint density at radius 2 is 2.43 bits per heavy atom. The first-order chi connectivity index (χ1) is 3.31. The number of hydrogen-bond donors (Lipinski definition) is 0. The fourth-order valence-corrected chi connectivity index (χ4v) is 0.203. The fraction of sp³-hybridized carbons (Fsp3) is 0.500. The smallest absolute Gasteiger partial charge is 0.225 e. The SMILES string of the molecule is CC/C(C)=C/[C]=O. The Bertz CT molecular complexity index is 82.2. The summed E-state index contributed by atoms with van der Waals surface area (Å²) in [6.45, 7) is 3.91. The van der Waals surface area contributed by atoms with Gasteiger partial charge in [0.15, 0.2) is 0 Å². The Labute approximate surface area is 44.0 Å². The van der Waals surface area contributed by atoms with Gasteiger partial charge in [0.25, 0.3) is 0 Å². The molecule has 1 radical (unpaired) electrons. The molecule has 0 unspecified atom stereocenters. The van der Waals surface area contributed by atoms with E-state index in [0.29, 0.717) is 0 Å². The van der Waals surface area contributed by atoms with Crippen LogP contribution in [0.5, 0.6) is 0 Å². The van der Waals surface area contributed by atoms with Crippen molar-refractivity contribution in [1.82, 2.24) is 0 Å². The molecule has 0 saturated heterocycles. The van der Waals surface area contributed by atoms with Crippen molar-refractivity contribution in [2.75, 3.05) is 0 Å². The van der Waals surface area contributed by atoms with Crippen molar-refractivity contribution >= 4 is 6.29 Å². The molecule has 0 aromatic carbocycles. The van der Waals surface area contributed by atoms with Crippen LogP contribution in [-0.4, -0.2) is 6.29 Å². The summed E-state index contributed by atoms with van der Waals surface area (Å²) in [6.07, 6.45) is 4.10. The monoisotopic (exact) mass is 97.1 g/mol. The van der Waals surface area contributed by atoms with E-state index in [1.165, 1.54) is 6.08 Å². The molecule has 0 aliphatic carbocycles. The van der Waals surface area contributed by atoms with Crippen LogP contribution in [-0.2, 0) is 4.79 Å². The lowest BCUT2D eigenvalue weighted by Crippen LogP contribution is -1.69. The summed E-state index contributed by atoms with van der Waals surface area (Å²) in [7, 11) is 0. The number of rotatable bonds is 2. The van der Waals surface area contributed by atoms with Gasteiger partial charge in [-0.1, -0.05) is 12.5 Å². The molecule has 0 fully saturated rings. The molecule has 39 valence electrons. The predicted molar refractivity (Wildman–Crippen MR) is 29.7 cm³/mol. The largest absolute Gasteiger partial charge is 0.286 e. The van der Waals surface area contributed by atoms with Crippen LogP contribution in [0.4, 0.5) is 0 Å². The minimum atomic E-state index is 0.940. The highest BCUT2D eigenvalue weighted by Gasteiger charge is 1.77. The first-order valence-corrected chi connectivity index (χ1v) is 2.34. The molecule has 0 bridgehead atoms. The lowest BCUT2D eigenvalue weighted by Gasteiger charge is -1.83. The lowest BCUT2D eigenvalue weighted by molar-refractivity contribution is 0.564. The van der Waals surface area contributed by atoms with Gasteiger partial charge in [0.05, 0.1) is 0 Å². The van der Waals surface area contributed by atoms with Gasteiger partial charge in [-0.15, -0.1) is 0 Å². The molecular weight excluding hydrogens is 88.1 g/mol. The second-order valence-corrected chi connectivity index (χ2v) is 1.46. The molecule has 0 rings (SSSR count). The molecule has 0 N–H and O–H groups in total. The second-order valence-electron chi connectivity index (χ2n) is 1.46. The zero-order valence-electron chi connectivity index (χ0n) is 4.69. The van der Waals surface area contributed by atoms with Gasteiger partial charge in [-0.2, -0.15) is 0 Å². The highest BCUT2D eigenvalue weighted by Crippen LogP contribution is 1.93. The average molecular weight is 97.1 g/mol. The summed E-state index contributed by atoms with van der Waals surface area (Å²) in [5.41, 5.74) is 1.08. The summed E-state index contributed by atoms with van der Waals surface area (Å²) in [5, 5.41) is 0.